The maximum Gasteiger partial charge on any atom is 0.162 e. The monoisotopic (exact) mass is 204 g/mol. The number of carbonyl (C=O) groups excluding carboxylic acids is 1. The molecule has 2 bridgehead atoms. The SMILES string of the molecule is O=C1CC/C=C\C2OC1C1C=CCCC21. The Morgan fingerprint density at radius 3 is 3.00 bits per heavy atom. The summed E-state index contributed by atoms with van der Waals surface area (Å²) in [7, 11) is 0. The van der Waals surface area contributed by atoms with Crippen LogP contribution < -0.4 is 0 Å². The van der Waals surface area contributed by atoms with Gasteiger partial charge in [0.2, 0.25) is 0 Å². The summed E-state index contributed by atoms with van der Waals surface area (Å²) in [6, 6.07) is 0. The maximum atomic E-state index is 11.9. The van der Waals surface area contributed by atoms with Crippen LogP contribution in [-0.4, -0.2) is 18.0 Å². The zero-order chi connectivity index (χ0) is 10.3. The highest BCUT2D eigenvalue weighted by Gasteiger charge is 2.45. The Balaban J connectivity index is 1.96. The molecule has 0 N–H and O–H groups in total. The number of fused-ring (bicyclic) bond motifs is 5. The zero-order valence-corrected chi connectivity index (χ0v) is 8.76. The Bertz CT molecular complexity index is 329. The van der Waals surface area contributed by atoms with Gasteiger partial charge >= 0.3 is 0 Å². The average molecular weight is 204 g/mol. The van der Waals surface area contributed by atoms with Crippen LogP contribution in [0.2, 0.25) is 0 Å². The van der Waals surface area contributed by atoms with Gasteiger partial charge in [-0.15, -0.1) is 0 Å². The summed E-state index contributed by atoms with van der Waals surface area (Å²) in [5, 5.41) is 0. The van der Waals surface area contributed by atoms with Crippen molar-refractivity contribution in [3.05, 3.63) is 24.3 Å². The summed E-state index contributed by atoms with van der Waals surface area (Å²) in [6.45, 7) is 0. The first-order valence-electron chi connectivity index (χ1n) is 5.88. The first-order chi connectivity index (χ1) is 7.36. The highest BCUT2D eigenvalue weighted by atomic mass is 16.5. The highest BCUT2D eigenvalue weighted by Crippen LogP contribution is 2.41. The van der Waals surface area contributed by atoms with Gasteiger partial charge < -0.3 is 4.74 Å². The molecule has 1 aliphatic carbocycles. The Labute approximate surface area is 90.0 Å². The van der Waals surface area contributed by atoms with Gasteiger partial charge in [0.15, 0.2) is 5.78 Å². The fourth-order valence-electron chi connectivity index (χ4n) is 3.02. The molecule has 0 spiro atoms. The first kappa shape index (κ1) is 9.34. The van der Waals surface area contributed by atoms with Crippen LogP contribution in [0.1, 0.15) is 25.7 Å². The topological polar surface area (TPSA) is 26.3 Å². The van der Waals surface area contributed by atoms with E-state index in [1.807, 2.05) is 0 Å². The molecule has 4 atom stereocenters. The number of hydrogen-bond donors (Lipinski definition) is 0. The Morgan fingerprint density at radius 1 is 1.20 bits per heavy atom. The van der Waals surface area contributed by atoms with Gasteiger partial charge in [-0.1, -0.05) is 24.3 Å². The molecule has 3 aliphatic rings. The normalized spacial score (nSPS) is 45.7. The van der Waals surface area contributed by atoms with Crippen molar-refractivity contribution in [2.24, 2.45) is 11.8 Å². The number of allylic oxidation sites excluding steroid dienone is 2. The second-order valence-electron chi connectivity index (χ2n) is 4.70. The summed E-state index contributed by atoms with van der Waals surface area (Å²) in [5.41, 5.74) is 0. The van der Waals surface area contributed by atoms with Crippen molar-refractivity contribution in [3.8, 4) is 0 Å². The molecule has 0 saturated carbocycles. The zero-order valence-electron chi connectivity index (χ0n) is 8.76. The van der Waals surface area contributed by atoms with Crippen LogP contribution in [0.4, 0.5) is 0 Å². The molecule has 2 heterocycles. The van der Waals surface area contributed by atoms with E-state index in [2.05, 4.69) is 24.3 Å². The molecule has 0 aromatic rings. The number of rotatable bonds is 0. The largest absolute Gasteiger partial charge is 0.362 e. The lowest BCUT2D eigenvalue weighted by atomic mass is 9.79. The fourth-order valence-corrected chi connectivity index (χ4v) is 3.02. The molecule has 80 valence electrons. The van der Waals surface area contributed by atoms with Crippen LogP contribution in [0.5, 0.6) is 0 Å². The van der Waals surface area contributed by atoms with E-state index < -0.39 is 0 Å². The molecular formula is C13H16O2. The van der Waals surface area contributed by atoms with Crippen molar-refractivity contribution in [1.29, 1.82) is 0 Å². The third kappa shape index (κ3) is 1.48. The van der Waals surface area contributed by atoms with E-state index in [1.165, 1.54) is 6.42 Å². The number of ketones is 1. The molecule has 2 heteroatoms. The molecule has 1 fully saturated rings. The summed E-state index contributed by atoms with van der Waals surface area (Å²) in [6.07, 6.45) is 12.6. The number of carbonyl (C=O) groups is 1. The van der Waals surface area contributed by atoms with E-state index in [4.69, 9.17) is 4.74 Å². The van der Waals surface area contributed by atoms with Crippen molar-refractivity contribution in [2.45, 2.75) is 37.9 Å². The molecule has 0 radical (unpaired) electrons. The van der Waals surface area contributed by atoms with Crippen LogP contribution in [0.15, 0.2) is 24.3 Å². The third-order valence-electron chi connectivity index (χ3n) is 3.80. The van der Waals surface area contributed by atoms with Gasteiger partial charge in [0.25, 0.3) is 0 Å². The molecule has 0 aromatic carbocycles. The van der Waals surface area contributed by atoms with Gasteiger partial charge in [0, 0.05) is 12.3 Å². The summed E-state index contributed by atoms with van der Waals surface area (Å²) in [4.78, 5) is 11.9. The van der Waals surface area contributed by atoms with E-state index in [0.29, 0.717) is 24.0 Å². The minimum absolute atomic E-state index is 0.151. The molecule has 0 aromatic heterocycles. The predicted molar refractivity (Wildman–Crippen MR) is 57.4 cm³/mol. The molecule has 4 unspecified atom stereocenters. The number of ether oxygens (including phenoxy) is 1. The third-order valence-corrected chi connectivity index (χ3v) is 3.80. The highest BCUT2D eigenvalue weighted by molar-refractivity contribution is 5.84. The second kappa shape index (κ2) is 3.60. The van der Waals surface area contributed by atoms with Gasteiger partial charge in [-0.2, -0.15) is 0 Å². The van der Waals surface area contributed by atoms with Crippen molar-refractivity contribution >= 4 is 5.78 Å². The van der Waals surface area contributed by atoms with Crippen molar-refractivity contribution < 1.29 is 9.53 Å². The van der Waals surface area contributed by atoms with Crippen LogP contribution in [0, 0.1) is 11.8 Å². The van der Waals surface area contributed by atoms with Gasteiger partial charge in [-0.25, -0.2) is 0 Å². The van der Waals surface area contributed by atoms with Crippen LogP contribution in [0.25, 0.3) is 0 Å². The Hall–Kier alpha value is -0.890. The Kier molecular flexibility index (Phi) is 2.24. The van der Waals surface area contributed by atoms with E-state index in [1.54, 1.807) is 0 Å². The minimum atomic E-state index is -0.151. The quantitative estimate of drug-likeness (QED) is 0.566. The first-order valence-corrected chi connectivity index (χ1v) is 5.88. The molecule has 2 aliphatic heterocycles. The lowest BCUT2D eigenvalue weighted by Crippen LogP contribution is -2.28. The molecule has 2 nitrogen and oxygen atoms in total. The predicted octanol–water partition coefficient (Wildman–Crippen LogP) is 2.26. The van der Waals surface area contributed by atoms with Gasteiger partial charge in [-0.3, -0.25) is 4.79 Å². The minimum Gasteiger partial charge on any atom is -0.362 e. The smallest absolute Gasteiger partial charge is 0.162 e. The standard InChI is InChI=1S/C13H16O2/c14-11-7-3-4-8-12-9-5-1-2-6-10(9)13(11)15-12/h2,4,6,8-10,12-13H,1,3,5,7H2/b8-4-. The number of Topliss-reactive ketones (excluding diaryl/α,β-unsaturated/α-hetero) is 1. The maximum absolute atomic E-state index is 11.9. The van der Waals surface area contributed by atoms with E-state index in [9.17, 15) is 4.79 Å². The van der Waals surface area contributed by atoms with Crippen molar-refractivity contribution in [2.75, 3.05) is 0 Å². The second-order valence-corrected chi connectivity index (χ2v) is 4.70. The Morgan fingerprint density at radius 2 is 2.07 bits per heavy atom. The molecule has 0 amide bonds. The van der Waals surface area contributed by atoms with Gasteiger partial charge in [0.05, 0.1) is 6.10 Å². The molecular weight excluding hydrogens is 188 g/mol. The summed E-state index contributed by atoms with van der Waals surface area (Å²) in [5.74, 6) is 1.18. The van der Waals surface area contributed by atoms with Crippen LogP contribution in [-0.2, 0) is 9.53 Å². The van der Waals surface area contributed by atoms with E-state index in [-0.39, 0.29) is 12.2 Å². The van der Waals surface area contributed by atoms with Crippen molar-refractivity contribution in [1.82, 2.24) is 0 Å². The van der Waals surface area contributed by atoms with Crippen LogP contribution >= 0.6 is 0 Å². The van der Waals surface area contributed by atoms with Crippen molar-refractivity contribution in [3.63, 3.8) is 0 Å². The lowest BCUT2D eigenvalue weighted by molar-refractivity contribution is -0.130. The van der Waals surface area contributed by atoms with Gasteiger partial charge in [0.1, 0.15) is 6.10 Å². The average Bonchev–Trinajstić information content (AvgIpc) is 2.63. The molecule has 1 saturated heterocycles. The summed E-state index contributed by atoms with van der Waals surface area (Å²) >= 11 is 0. The lowest BCUT2D eigenvalue weighted by Gasteiger charge is -2.22. The summed E-state index contributed by atoms with van der Waals surface area (Å²) < 4.78 is 5.87. The van der Waals surface area contributed by atoms with Gasteiger partial charge in [-0.05, 0) is 25.2 Å². The van der Waals surface area contributed by atoms with Crippen LogP contribution in [0.3, 0.4) is 0 Å². The molecule has 3 rings (SSSR count). The van der Waals surface area contributed by atoms with E-state index in [0.717, 1.165) is 12.8 Å². The molecule has 15 heavy (non-hydrogen) atoms. The number of hydrogen-bond acceptors (Lipinski definition) is 2. The fraction of sp³-hybridized carbons (Fsp3) is 0.615. The van der Waals surface area contributed by atoms with E-state index >= 15 is 0 Å².